The van der Waals surface area contributed by atoms with Crippen LogP contribution in [0.1, 0.15) is 24.3 Å². The van der Waals surface area contributed by atoms with Gasteiger partial charge in [0.1, 0.15) is 17.7 Å². The van der Waals surface area contributed by atoms with Gasteiger partial charge in [-0.2, -0.15) is 0 Å². The van der Waals surface area contributed by atoms with Gasteiger partial charge in [-0.3, -0.25) is 0 Å². The van der Waals surface area contributed by atoms with E-state index < -0.39 is 0 Å². The summed E-state index contributed by atoms with van der Waals surface area (Å²) in [6.45, 7) is 2.00. The van der Waals surface area contributed by atoms with Gasteiger partial charge in [0, 0.05) is 10.9 Å². The Morgan fingerprint density at radius 1 is 1.26 bits per heavy atom. The third-order valence-corrected chi connectivity index (χ3v) is 4.10. The van der Waals surface area contributed by atoms with Gasteiger partial charge < -0.3 is 10.5 Å². The van der Waals surface area contributed by atoms with Crippen LogP contribution >= 0.6 is 22.9 Å². The fraction of sp³-hybridized carbons (Fsp3) is 0.286. The zero-order chi connectivity index (χ0) is 13.8. The van der Waals surface area contributed by atoms with Gasteiger partial charge >= 0.3 is 0 Å². The van der Waals surface area contributed by atoms with Crippen LogP contribution in [0.25, 0.3) is 0 Å². The van der Waals surface area contributed by atoms with E-state index in [0.29, 0.717) is 10.1 Å². The maximum Gasteiger partial charge on any atom is 0.148 e. The molecule has 102 valence electrons. The second-order valence-corrected chi connectivity index (χ2v) is 5.95. The Labute approximate surface area is 121 Å². The molecule has 2 rings (SSSR count). The smallest absolute Gasteiger partial charge is 0.148 e. The number of rotatable bonds is 5. The molecule has 0 amide bonds. The van der Waals surface area contributed by atoms with E-state index in [1.165, 1.54) is 23.5 Å². The van der Waals surface area contributed by atoms with Crippen molar-refractivity contribution >= 4 is 22.9 Å². The maximum atomic E-state index is 12.9. The summed E-state index contributed by atoms with van der Waals surface area (Å²) in [6.07, 6.45) is 0.509. The second kappa shape index (κ2) is 6.37. The van der Waals surface area contributed by atoms with Gasteiger partial charge in [0.15, 0.2) is 0 Å². The molecule has 1 aromatic carbocycles. The first kappa shape index (κ1) is 14.3. The zero-order valence-electron chi connectivity index (χ0n) is 10.5. The Balaban J connectivity index is 2.21. The molecule has 2 aromatic rings. The van der Waals surface area contributed by atoms with E-state index in [-0.39, 0.29) is 18.0 Å². The summed E-state index contributed by atoms with van der Waals surface area (Å²) in [5, 5.41) is 0. The van der Waals surface area contributed by atoms with E-state index in [4.69, 9.17) is 22.1 Å². The van der Waals surface area contributed by atoms with Gasteiger partial charge in [-0.15, -0.1) is 11.3 Å². The summed E-state index contributed by atoms with van der Waals surface area (Å²) in [4.78, 5) is 0.976. The van der Waals surface area contributed by atoms with Crippen LogP contribution in [0.2, 0.25) is 4.34 Å². The van der Waals surface area contributed by atoms with Crippen LogP contribution in [0.15, 0.2) is 36.4 Å². The number of nitrogens with two attached hydrogens (primary N) is 1. The molecule has 5 heteroatoms. The normalized spacial score (nSPS) is 14.1. The zero-order valence-corrected chi connectivity index (χ0v) is 12.0. The molecule has 1 heterocycles. The van der Waals surface area contributed by atoms with Crippen molar-refractivity contribution in [1.82, 2.24) is 0 Å². The molecule has 0 saturated heterocycles. The minimum Gasteiger partial charge on any atom is -0.483 e. The number of hydrogen-bond donors (Lipinski definition) is 1. The molecule has 0 aliphatic carbocycles. The topological polar surface area (TPSA) is 35.2 Å². The van der Waals surface area contributed by atoms with Crippen molar-refractivity contribution in [3.63, 3.8) is 0 Å². The lowest BCUT2D eigenvalue weighted by molar-refractivity contribution is 0.174. The van der Waals surface area contributed by atoms with E-state index in [2.05, 4.69) is 0 Å². The Kier molecular flexibility index (Phi) is 4.80. The van der Waals surface area contributed by atoms with Gasteiger partial charge in [-0.1, -0.05) is 18.5 Å². The molecule has 0 spiro atoms. The van der Waals surface area contributed by atoms with Crippen LogP contribution in [-0.2, 0) is 0 Å². The van der Waals surface area contributed by atoms with Crippen LogP contribution in [0.3, 0.4) is 0 Å². The van der Waals surface area contributed by atoms with Crippen molar-refractivity contribution < 1.29 is 9.13 Å². The highest BCUT2D eigenvalue weighted by atomic mass is 35.5. The van der Waals surface area contributed by atoms with Gasteiger partial charge in [0.25, 0.3) is 0 Å². The molecule has 19 heavy (non-hydrogen) atoms. The highest BCUT2D eigenvalue weighted by Crippen LogP contribution is 2.32. The van der Waals surface area contributed by atoms with Crippen molar-refractivity contribution in [2.45, 2.75) is 25.5 Å². The fourth-order valence-corrected chi connectivity index (χ4v) is 2.88. The summed E-state index contributed by atoms with van der Waals surface area (Å²) in [7, 11) is 0. The van der Waals surface area contributed by atoms with Gasteiger partial charge in [-0.25, -0.2) is 4.39 Å². The van der Waals surface area contributed by atoms with E-state index in [0.717, 1.165) is 11.3 Å². The monoisotopic (exact) mass is 299 g/mol. The predicted octanol–water partition coefficient (Wildman–Crippen LogP) is 4.40. The molecule has 0 aliphatic heterocycles. The van der Waals surface area contributed by atoms with Gasteiger partial charge in [0.2, 0.25) is 0 Å². The Morgan fingerprint density at radius 3 is 2.47 bits per heavy atom. The van der Waals surface area contributed by atoms with Crippen molar-refractivity contribution in [3.05, 3.63) is 51.4 Å². The number of hydrogen-bond acceptors (Lipinski definition) is 3. The lowest BCUT2D eigenvalue weighted by Gasteiger charge is -2.23. The van der Waals surface area contributed by atoms with Crippen molar-refractivity contribution in [1.29, 1.82) is 0 Å². The quantitative estimate of drug-likeness (QED) is 0.888. The summed E-state index contributed by atoms with van der Waals surface area (Å²) in [5.41, 5.74) is 6.10. The molecule has 1 aromatic heterocycles. The van der Waals surface area contributed by atoms with E-state index in [1.54, 1.807) is 12.1 Å². The number of ether oxygens (including phenoxy) is 1. The number of halogens is 2. The summed E-state index contributed by atoms with van der Waals surface area (Å²) in [6, 6.07) is 9.53. The molecule has 2 nitrogen and oxygen atoms in total. The van der Waals surface area contributed by atoms with Crippen LogP contribution < -0.4 is 10.5 Å². The maximum absolute atomic E-state index is 12.9. The summed E-state index contributed by atoms with van der Waals surface area (Å²) < 4.78 is 19.5. The molecular formula is C14H15ClFNOS. The molecule has 0 saturated carbocycles. The van der Waals surface area contributed by atoms with E-state index in [9.17, 15) is 4.39 Å². The molecule has 0 bridgehead atoms. The standard InChI is InChI=1S/C14H15ClFNOS/c1-2-11(17)14(12-7-8-13(15)19-12)18-10-5-3-9(16)4-6-10/h3-8,11,14H,2,17H2,1H3. The molecule has 2 N–H and O–H groups in total. The van der Waals surface area contributed by atoms with Crippen LogP contribution in [0, 0.1) is 5.82 Å². The summed E-state index contributed by atoms with van der Waals surface area (Å²) >= 11 is 7.40. The Hall–Kier alpha value is -1.10. The Morgan fingerprint density at radius 2 is 1.95 bits per heavy atom. The van der Waals surface area contributed by atoms with Gasteiger partial charge in [0.05, 0.1) is 4.34 Å². The molecular weight excluding hydrogens is 285 g/mol. The second-order valence-electron chi connectivity index (χ2n) is 4.21. The van der Waals surface area contributed by atoms with E-state index in [1.807, 2.05) is 19.1 Å². The third kappa shape index (κ3) is 3.69. The van der Waals surface area contributed by atoms with Gasteiger partial charge in [-0.05, 0) is 42.8 Å². The van der Waals surface area contributed by atoms with Crippen molar-refractivity contribution in [2.24, 2.45) is 5.73 Å². The third-order valence-electron chi connectivity index (χ3n) is 2.81. The largest absolute Gasteiger partial charge is 0.483 e. The molecule has 2 unspecified atom stereocenters. The lowest BCUT2D eigenvalue weighted by Crippen LogP contribution is -2.30. The average molecular weight is 300 g/mol. The average Bonchev–Trinajstić information content (AvgIpc) is 2.83. The first-order valence-corrected chi connectivity index (χ1v) is 7.22. The minimum absolute atomic E-state index is 0.139. The van der Waals surface area contributed by atoms with Crippen molar-refractivity contribution in [2.75, 3.05) is 0 Å². The SMILES string of the molecule is CCC(N)C(Oc1ccc(F)cc1)c1ccc(Cl)s1. The van der Waals surface area contributed by atoms with Crippen LogP contribution in [0.4, 0.5) is 4.39 Å². The highest BCUT2D eigenvalue weighted by Gasteiger charge is 2.22. The first-order chi connectivity index (χ1) is 9.10. The highest BCUT2D eigenvalue weighted by molar-refractivity contribution is 7.16. The van der Waals surface area contributed by atoms with Crippen LogP contribution in [-0.4, -0.2) is 6.04 Å². The molecule has 2 atom stereocenters. The summed E-state index contributed by atoms with van der Waals surface area (Å²) in [5.74, 6) is 0.308. The Bertz CT molecular complexity index is 528. The van der Waals surface area contributed by atoms with E-state index >= 15 is 0 Å². The molecule has 0 radical (unpaired) electrons. The lowest BCUT2D eigenvalue weighted by atomic mass is 10.1. The fourth-order valence-electron chi connectivity index (χ4n) is 1.71. The minimum atomic E-state index is -0.289. The first-order valence-electron chi connectivity index (χ1n) is 6.03. The van der Waals surface area contributed by atoms with Crippen LogP contribution in [0.5, 0.6) is 5.75 Å². The van der Waals surface area contributed by atoms with Crippen molar-refractivity contribution in [3.8, 4) is 5.75 Å². The number of thiophene rings is 1. The predicted molar refractivity (Wildman–Crippen MR) is 77.4 cm³/mol. The molecule has 0 aliphatic rings. The number of benzene rings is 1. The molecule has 0 fully saturated rings.